The molecule has 28 heavy (non-hydrogen) atoms. The third-order valence-electron chi connectivity index (χ3n) is 3.93. The molecule has 2 rings (SSSR count). The number of halogens is 1. The molecule has 0 radical (unpaired) electrons. The van der Waals surface area contributed by atoms with Crippen LogP contribution >= 0.6 is 24.0 Å². The van der Waals surface area contributed by atoms with Gasteiger partial charge in [-0.1, -0.05) is 19.9 Å². The van der Waals surface area contributed by atoms with E-state index in [-0.39, 0.29) is 24.0 Å². The number of nitrogens with zero attached hydrogens (tertiary/aromatic N) is 4. The van der Waals surface area contributed by atoms with Crippen molar-refractivity contribution in [3.63, 3.8) is 0 Å². The molecular formula is C20H33IN6O. The summed E-state index contributed by atoms with van der Waals surface area (Å²) in [6.45, 7) is 11.4. The minimum Gasteiger partial charge on any atom is -0.381 e. The van der Waals surface area contributed by atoms with Crippen LogP contribution in [0.1, 0.15) is 37.2 Å². The van der Waals surface area contributed by atoms with E-state index < -0.39 is 0 Å². The third-order valence-corrected chi connectivity index (χ3v) is 3.93. The maximum Gasteiger partial charge on any atom is 0.191 e. The summed E-state index contributed by atoms with van der Waals surface area (Å²) in [7, 11) is 1.77. The van der Waals surface area contributed by atoms with Crippen molar-refractivity contribution in [3.05, 3.63) is 41.3 Å². The number of aliphatic imine (C=N–C) groups is 1. The highest BCUT2D eigenvalue weighted by atomic mass is 127. The van der Waals surface area contributed by atoms with Crippen LogP contribution in [-0.4, -0.2) is 47.5 Å². The Kier molecular flexibility index (Phi) is 11.1. The highest BCUT2D eigenvalue weighted by Crippen LogP contribution is 2.10. The lowest BCUT2D eigenvalue weighted by Crippen LogP contribution is -2.37. The van der Waals surface area contributed by atoms with Crippen LogP contribution in [-0.2, 0) is 11.3 Å². The van der Waals surface area contributed by atoms with Gasteiger partial charge in [0.05, 0.1) is 5.69 Å². The van der Waals surface area contributed by atoms with E-state index in [1.54, 1.807) is 7.05 Å². The van der Waals surface area contributed by atoms with Gasteiger partial charge in [0.2, 0.25) is 0 Å². The Bertz CT molecular complexity index is 727. The smallest absolute Gasteiger partial charge is 0.191 e. The van der Waals surface area contributed by atoms with Gasteiger partial charge in [-0.25, -0.2) is 9.67 Å². The van der Waals surface area contributed by atoms with Gasteiger partial charge in [-0.05, 0) is 43.9 Å². The number of nitrogens with one attached hydrogen (secondary N) is 2. The van der Waals surface area contributed by atoms with E-state index in [1.807, 2.05) is 36.9 Å². The predicted molar refractivity (Wildman–Crippen MR) is 125 cm³/mol. The molecule has 7 nitrogen and oxygen atoms in total. The van der Waals surface area contributed by atoms with E-state index in [0.29, 0.717) is 12.5 Å². The molecule has 0 aliphatic rings. The van der Waals surface area contributed by atoms with Gasteiger partial charge in [-0.2, -0.15) is 5.10 Å². The fourth-order valence-electron chi connectivity index (χ4n) is 2.61. The molecule has 0 bridgehead atoms. The molecule has 0 atom stereocenters. The first kappa shape index (κ1) is 24.4. The second kappa shape index (κ2) is 12.7. The van der Waals surface area contributed by atoms with Crippen molar-refractivity contribution in [3.8, 4) is 5.82 Å². The zero-order valence-corrected chi connectivity index (χ0v) is 19.9. The molecule has 0 saturated heterocycles. The average molecular weight is 500 g/mol. The Morgan fingerprint density at radius 2 is 2.04 bits per heavy atom. The molecule has 2 aromatic rings. The molecule has 2 heterocycles. The summed E-state index contributed by atoms with van der Waals surface area (Å²) in [5, 5.41) is 11.1. The van der Waals surface area contributed by atoms with E-state index in [1.165, 1.54) is 0 Å². The minimum absolute atomic E-state index is 0. The number of hydrogen-bond donors (Lipinski definition) is 2. The first-order valence-corrected chi connectivity index (χ1v) is 9.50. The quantitative estimate of drug-likeness (QED) is 0.239. The Hall–Kier alpha value is -1.68. The van der Waals surface area contributed by atoms with Crippen molar-refractivity contribution < 1.29 is 4.74 Å². The zero-order chi connectivity index (χ0) is 19.6. The molecule has 156 valence electrons. The summed E-state index contributed by atoms with van der Waals surface area (Å²) >= 11 is 0. The van der Waals surface area contributed by atoms with Crippen molar-refractivity contribution in [1.82, 2.24) is 25.4 Å². The average Bonchev–Trinajstić information content (AvgIpc) is 2.99. The lowest BCUT2D eigenvalue weighted by atomic mass is 10.2. The fourth-order valence-corrected chi connectivity index (χ4v) is 2.61. The molecular weight excluding hydrogens is 467 g/mol. The van der Waals surface area contributed by atoms with Crippen LogP contribution in [0, 0.1) is 19.8 Å². The van der Waals surface area contributed by atoms with E-state index in [0.717, 1.165) is 54.9 Å². The SMILES string of the molecule is CN=C(NCCCOCC(C)C)NCc1ccc(-n2nc(C)cc2C)nc1.I. The maximum absolute atomic E-state index is 5.58. The van der Waals surface area contributed by atoms with E-state index in [2.05, 4.69) is 45.6 Å². The topological polar surface area (TPSA) is 76.4 Å². The van der Waals surface area contributed by atoms with E-state index in [4.69, 9.17) is 4.74 Å². The van der Waals surface area contributed by atoms with Gasteiger partial charge in [0.1, 0.15) is 0 Å². The van der Waals surface area contributed by atoms with Gasteiger partial charge >= 0.3 is 0 Å². The number of aromatic nitrogens is 3. The molecule has 2 aromatic heterocycles. The number of pyridine rings is 1. The molecule has 2 N–H and O–H groups in total. The van der Waals surface area contributed by atoms with Crippen molar-refractivity contribution in [1.29, 1.82) is 0 Å². The predicted octanol–water partition coefficient (Wildman–Crippen LogP) is 3.23. The Morgan fingerprint density at radius 1 is 1.25 bits per heavy atom. The summed E-state index contributed by atoms with van der Waals surface area (Å²) in [6.07, 6.45) is 2.82. The maximum atomic E-state index is 5.58. The van der Waals surface area contributed by atoms with Crippen molar-refractivity contribution >= 4 is 29.9 Å². The molecule has 0 aliphatic heterocycles. The lowest BCUT2D eigenvalue weighted by Gasteiger charge is -2.12. The molecule has 0 fully saturated rings. The number of guanidine groups is 1. The number of aryl methyl sites for hydroxylation is 2. The van der Waals surface area contributed by atoms with Crippen molar-refractivity contribution in [2.75, 3.05) is 26.8 Å². The second-order valence-electron chi connectivity index (χ2n) is 7.04. The Labute approximate surface area is 185 Å². The van der Waals surface area contributed by atoms with Crippen LogP contribution in [0.15, 0.2) is 29.4 Å². The van der Waals surface area contributed by atoms with E-state index in [9.17, 15) is 0 Å². The normalized spacial score (nSPS) is 11.4. The van der Waals surface area contributed by atoms with Crippen LogP contribution in [0.5, 0.6) is 0 Å². The minimum atomic E-state index is 0. The molecule has 0 amide bonds. The van der Waals surface area contributed by atoms with Crippen LogP contribution in [0.4, 0.5) is 0 Å². The first-order valence-electron chi connectivity index (χ1n) is 9.50. The summed E-state index contributed by atoms with van der Waals surface area (Å²) in [4.78, 5) is 8.77. The van der Waals surface area contributed by atoms with Crippen molar-refractivity contribution in [2.24, 2.45) is 10.9 Å². The molecule has 8 heteroatoms. The van der Waals surface area contributed by atoms with Gasteiger partial charge in [-0.3, -0.25) is 4.99 Å². The van der Waals surface area contributed by atoms with Crippen LogP contribution in [0.25, 0.3) is 5.82 Å². The Balaban J connectivity index is 0.00000392. The van der Waals surface area contributed by atoms with E-state index >= 15 is 0 Å². The van der Waals surface area contributed by atoms with Gasteiger partial charge in [0, 0.05) is 45.2 Å². The summed E-state index contributed by atoms with van der Waals surface area (Å²) in [5.74, 6) is 2.18. The second-order valence-corrected chi connectivity index (χ2v) is 7.04. The molecule has 0 unspecified atom stereocenters. The zero-order valence-electron chi connectivity index (χ0n) is 17.5. The largest absolute Gasteiger partial charge is 0.381 e. The fraction of sp³-hybridized carbons (Fsp3) is 0.550. The third kappa shape index (κ3) is 8.14. The van der Waals surface area contributed by atoms with Crippen LogP contribution in [0.3, 0.4) is 0 Å². The van der Waals surface area contributed by atoms with Gasteiger partial charge < -0.3 is 15.4 Å². The van der Waals surface area contributed by atoms with Crippen LogP contribution < -0.4 is 10.6 Å². The standard InChI is InChI=1S/C20H32N6O.HI/c1-15(2)14-27-10-6-9-22-20(21-5)24-13-18-7-8-19(23-12-18)26-17(4)11-16(3)25-26;/h7-8,11-12,15H,6,9-10,13-14H2,1-5H3,(H2,21,22,24);1H. The van der Waals surface area contributed by atoms with Gasteiger partial charge in [0.25, 0.3) is 0 Å². The molecule has 0 spiro atoms. The molecule has 0 aromatic carbocycles. The number of rotatable bonds is 9. The van der Waals surface area contributed by atoms with Gasteiger partial charge in [0.15, 0.2) is 11.8 Å². The number of hydrogen-bond acceptors (Lipinski definition) is 4. The summed E-state index contributed by atoms with van der Waals surface area (Å²) in [5.41, 5.74) is 3.15. The summed E-state index contributed by atoms with van der Waals surface area (Å²) in [6, 6.07) is 6.08. The number of ether oxygens (including phenoxy) is 1. The lowest BCUT2D eigenvalue weighted by molar-refractivity contribution is 0.108. The van der Waals surface area contributed by atoms with Crippen LogP contribution in [0.2, 0.25) is 0 Å². The van der Waals surface area contributed by atoms with Gasteiger partial charge in [-0.15, -0.1) is 24.0 Å². The highest BCUT2D eigenvalue weighted by Gasteiger charge is 2.05. The van der Waals surface area contributed by atoms with Crippen molar-refractivity contribution in [2.45, 2.75) is 40.7 Å². The molecule has 0 saturated carbocycles. The Morgan fingerprint density at radius 3 is 2.61 bits per heavy atom. The summed E-state index contributed by atoms with van der Waals surface area (Å²) < 4.78 is 7.44. The highest BCUT2D eigenvalue weighted by molar-refractivity contribution is 14.0. The monoisotopic (exact) mass is 500 g/mol. The first-order chi connectivity index (χ1) is 13.0. The molecule has 0 aliphatic carbocycles.